The maximum Gasteiger partial charge on any atom is 0.191 e. The first-order valence-corrected chi connectivity index (χ1v) is 9.37. The Kier molecular flexibility index (Phi) is 12.2. The maximum absolute atomic E-state index is 5.89. The molecule has 0 aliphatic heterocycles. The number of benzene rings is 1. The summed E-state index contributed by atoms with van der Waals surface area (Å²) in [5.74, 6) is 1.64. The first kappa shape index (κ1) is 24.2. The average Bonchev–Trinajstić information content (AvgIpc) is 2.69. The highest BCUT2D eigenvalue weighted by Crippen LogP contribution is 2.20. The van der Waals surface area contributed by atoms with Gasteiger partial charge in [-0.15, -0.1) is 24.0 Å². The van der Waals surface area contributed by atoms with E-state index in [2.05, 4.69) is 45.7 Å². The summed E-state index contributed by atoms with van der Waals surface area (Å²) < 4.78 is 11.2. The van der Waals surface area contributed by atoms with Crippen LogP contribution in [0.25, 0.3) is 0 Å². The van der Waals surface area contributed by atoms with Crippen molar-refractivity contribution in [2.75, 3.05) is 33.4 Å². The molecule has 0 saturated carbocycles. The number of aryl methyl sites for hydroxylation is 1. The molecule has 2 rings (SSSR count). The zero-order valence-electron chi connectivity index (χ0n) is 16.9. The van der Waals surface area contributed by atoms with Crippen LogP contribution >= 0.6 is 24.0 Å². The van der Waals surface area contributed by atoms with E-state index in [-0.39, 0.29) is 24.0 Å². The number of guanidine groups is 1. The van der Waals surface area contributed by atoms with Crippen LogP contribution in [0, 0.1) is 6.92 Å². The van der Waals surface area contributed by atoms with Gasteiger partial charge in [-0.1, -0.05) is 18.2 Å². The van der Waals surface area contributed by atoms with E-state index < -0.39 is 0 Å². The molecule has 0 atom stereocenters. The van der Waals surface area contributed by atoms with Gasteiger partial charge in [0.05, 0.1) is 6.61 Å². The molecule has 0 aliphatic rings. The lowest BCUT2D eigenvalue weighted by Gasteiger charge is -2.15. The third-order valence-electron chi connectivity index (χ3n) is 3.98. The van der Waals surface area contributed by atoms with Gasteiger partial charge in [0.1, 0.15) is 12.4 Å². The fourth-order valence-electron chi connectivity index (χ4n) is 2.55. The summed E-state index contributed by atoms with van der Waals surface area (Å²) in [6.45, 7) is 7.27. The Morgan fingerprint density at radius 1 is 1.14 bits per heavy atom. The van der Waals surface area contributed by atoms with Gasteiger partial charge in [0.2, 0.25) is 0 Å². The van der Waals surface area contributed by atoms with Gasteiger partial charge < -0.3 is 20.1 Å². The smallest absolute Gasteiger partial charge is 0.191 e. The van der Waals surface area contributed by atoms with Crippen molar-refractivity contribution in [3.63, 3.8) is 0 Å². The van der Waals surface area contributed by atoms with Crippen molar-refractivity contribution in [2.24, 2.45) is 4.99 Å². The summed E-state index contributed by atoms with van der Waals surface area (Å²) in [5, 5.41) is 6.66. The van der Waals surface area contributed by atoms with Crippen LogP contribution in [-0.2, 0) is 17.7 Å². The number of hydrogen-bond acceptors (Lipinski definition) is 4. The third kappa shape index (κ3) is 8.88. The lowest BCUT2D eigenvalue weighted by Crippen LogP contribution is -2.38. The molecule has 0 spiro atoms. The van der Waals surface area contributed by atoms with Crippen molar-refractivity contribution >= 4 is 29.9 Å². The van der Waals surface area contributed by atoms with Crippen molar-refractivity contribution in [2.45, 2.75) is 26.8 Å². The molecule has 0 unspecified atom stereocenters. The molecule has 0 aliphatic carbocycles. The van der Waals surface area contributed by atoms with Crippen molar-refractivity contribution in [1.29, 1.82) is 0 Å². The van der Waals surface area contributed by atoms with E-state index in [1.54, 1.807) is 7.05 Å². The van der Waals surface area contributed by atoms with Crippen LogP contribution in [0.4, 0.5) is 0 Å². The number of aliphatic imine (C=N–C) groups is 1. The molecule has 0 fully saturated rings. The Balaban J connectivity index is 0.00000392. The standard InChI is InChI=1S/C21H30N4O2.HI/c1-4-26-13-14-27-20-15-17(2)8-9-18(20)16-25-21(22-3)24-12-10-19-7-5-6-11-23-19;/h5-9,11,15H,4,10,12-14,16H2,1-3H3,(H2,22,24,25);1H. The molecule has 0 radical (unpaired) electrons. The van der Waals surface area contributed by atoms with Gasteiger partial charge in [-0.2, -0.15) is 0 Å². The second-order valence-corrected chi connectivity index (χ2v) is 6.08. The van der Waals surface area contributed by atoms with Crippen LogP contribution in [0.2, 0.25) is 0 Å². The summed E-state index contributed by atoms with van der Waals surface area (Å²) in [6, 6.07) is 12.2. The zero-order valence-corrected chi connectivity index (χ0v) is 19.2. The number of aromatic nitrogens is 1. The van der Waals surface area contributed by atoms with E-state index in [0.29, 0.717) is 26.4 Å². The molecule has 1 aromatic heterocycles. The second kappa shape index (κ2) is 14.2. The number of nitrogens with one attached hydrogen (secondary N) is 2. The summed E-state index contributed by atoms with van der Waals surface area (Å²) in [4.78, 5) is 8.61. The van der Waals surface area contributed by atoms with E-state index in [0.717, 1.165) is 35.9 Å². The summed E-state index contributed by atoms with van der Waals surface area (Å²) >= 11 is 0. The lowest BCUT2D eigenvalue weighted by molar-refractivity contribution is 0.110. The van der Waals surface area contributed by atoms with Crippen molar-refractivity contribution in [3.8, 4) is 5.75 Å². The molecule has 7 heteroatoms. The quantitative estimate of drug-likeness (QED) is 0.228. The molecule has 6 nitrogen and oxygen atoms in total. The predicted molar refractivity (Wildman–Crippen MR) is 125 cm³/mol. The number of rotatable bonds is 10. The molecule has 2 aromatic rings. The van der Waals surface area contributed by atoms with Gasteiger partial charge in [0.15, 0.2) is 5.96 Å². The van der Waals surface area contributed by atoms with Crippen LogP contribution in [-0.4, -0.2) is 44.4 Å². The zero-order chi connectivity index (χ0) is 19.3. The van der Waals surface area contributed by atoms with E-state index in [9.17, 15) is 0 Å². The molecular weight excluding hydrogens is 467 g/mol. The van der Waals surface area contributed by atoms with Crippen LogP contribution in [0.3, 0.4) is 0 Å². The van der Waals surface area contributed by atoms with E-state index in [4.69, 9.17) is 9.47 Å². The summed E-state index contributed by atoms with van der Waals surface area (Å²) in [5.41, 5.74) is 3.32. The summed E-state index contributed by atoms with van der Waals surface area (Å²) in [6.07, 6.45) is 2.66. The number of halogens is 1. The average molecular weight is 498 g/mol. The van der Waals surface area contributed by atoms with E-state index >= 15 is 0 Å². The third-order valence-corrected chi connectivity index (χ3v) is 3.98. The Bertz CT molecular complexity index is 711. The number of hydrogen-bond donors (Lipinski definition) is 2. The fourth-order valence-corrected chi connectivity index (χ4v) is 2.55. The molecule has 28 heavy (non-hydrogen) atoms. The number of nitrogens with zero attached hydrogens (tertiary/aromatic N) is 2. The normalized spacial score (nSPS) is 10.9. The minimum absolute atomic E-state index is 0. The molecule has 154 valence electrons. The van der Waals surface area contributed by atoms with Gasteiger partial charge in [0, 0.05) is 50.6 Å². The van der Waals surface area contributed by atoms with Gasteiger partial charge in [-0.05, 0) is 37.6 Å². The number of pyridine rings is 1. The summed E-state index contributed by atoms with van der Waals surface area (Å²) in [7, 11) is 1.77. The van der Waals surface area contributed by atoms with Gasteiger partial charge in [0.25, 0.3) is 0 Å². The Morgan fingerprint density at radius 2 is 2.00 bits per heavy atom. The van der Waals surface area contributed by atoms with E-state index in [1.165, 1.54) is 5.56 Å². The highest BCUT2D eigenvalue weighted by Gasteiger charge is 2.06. The SMILES string of the molecule is CCOCCOc1cc(C)ccc1CNC(=NC)NCCc1ccccn1.I. The molecular formula is C21H31IN4O2. The topological polar surface area (TPSA) is 67.8 Å². The molecule has 0 saturated heterocycles. The highest BCUT2D eigenvalue weighted by molar-refractivity contribution is 14.0. The van der Waals surface area contributed by atoms with Gasteiger partial charge >= 0.3 is 0 Å². The maximum atomic E-state index is 5.89. The molecule has 0 bridgehead atoms. The molecule has 0 amide bonds. The van der Waals surface area contributed by atoms with Crippen LogP contribution < -0.4 is 15.4 Å². The fraction of sp³-hybridized carbons (Fsp3) is 0.429. The van der Waals surface area contributed by atoms with Crippen molar-refractivity contribution < 1.29 is 9.47 Å². The van der Waals surface area contributed by atoms with Crippen molar-refractivity contribution in [1.82, 2.24) is 15.6 Å². The predicted octanol–water partition coefficient (Wildman–Crippen LogP) is 3.33. The molecule has 2 N–H and O–H groups in total. The minimum Gasteiger partial charge on any atom is -0.491 e. The Morgan fingerprint density at radius 3 is 2.71 bits per heavy atom. The van der Waals surface area contributed by atoms with Gasteiger partial charge in [-0.25, -0.2) is 0 Å². The Hall–Kier alpha value is -1.87. The second-order valence-electron chi connectivity index (χ2n) is 6.08. The highest BCUT2D eigenvalue weighted by atomic mass is 127. The van der Waals surface area contributed by atoms with Crippen LogP contribution in [0.5, 0.6) is 5.75 Å². The monoisotopic (exact) mass is 498 g/mol. The Labute approximate surface area is 185 Å². The minimum atomic E-state index is 0. The first-order chi connectivity index (χ1) is 13.2. The largest absolute Gasteiger partial charge is 0.491 e. The van der Waals surface area contributed by atoms with Gasteiger partial charge in [-0.3, -0.25) is 9.98 Å². The van der Waals surface area contributed by atoms with Crippen LogP contribution in [0.1, 0.15) is 23.7 Å². The van der Waals surface area contributed by atoms with E-state index in [1.807, 2.05) is 31.3 Å². The molecule has 1 heterocycles. The lowest BCUT2D eigenvalue weighted by atomic mass is 10.1. The molecule has 1 aromatic carbocycles. The van der Waals surface area contributed by atoms with Crippen molar-refractivity contribution in [3.05, 3.63) is 59.4 Å². The van der Waals surface area contributed by atoms with Crippen LogP contribution in [0.15, 0.2) is 47.6 Å². The first-order valence-electron chi connectivity index (χ1n) is 9.37. The number of ether oxygens (including phenoxy) is 2.